The normalized spacial score (nSPS) is 15.1. The number of morpholine rings is 1. The zero-order chi connectivity index (χ0) is 22.9. The molecule has 168 valence electrons. The van der Waals surface area contributed by atoms with E-state index in [2.05, 4.69) is 24.8 Å². The van der Waals surface area contributed by atoms with Crippen molar-refractivity contribution in [2.24, 2.45) is 0 Å². The molecular weight excluding hydrogens is 441 g/mol. The SMILES string of the molecule is Cc1nc(C(C=O)c2cc(-c3ncnc4cc(N5CCOCC5)ccc34)cnc2F)sc1C. The smallest absolute Gasteiger partial charge is 0.217 e. The average Bonchev–Trinajstić information content (AvgIpc) is 3.18. The Hall–Kier alpha value is -3.30. The summed E-state index contributed by atoms with van der Waals surface area (Å²) >= 11 is 1.39. The molecule has 0 N–H and O–H groups in total. The van der Waals surface area contributed by atoms with Crippen LogP contribution in [0.25, 0.3) is 22.2 Å². The number of carbonyl (C=O) groups excluding carboxylic acids is 1. The van der Waals surface area contributed by atoms with Gasteiger partial charge in [0.05, 0.1) is 36.0 Å². The number of nitrogens with zero attached hydrogens (tertiary/aromatic N) is 5. The number of rotatable bonds is 5. The monoisotopic (exact) mass is 463 g/mol. The highest BCUT2D eigenvalue weighted by atomic mass is 32.1. The Bertz CT molecular complexity index is 1320. The van der Waals surface area contributed by atoms with Gasteiger partial charge in [0.1, 0.15) is 17.6 Å². The molecule has 0 bridgehead atoms. The van der Waals surface area contributed by atoms with Gasteiger partial charge in [0.2, 0.25) is 5.95 Å². The first kappa shape index (κ1) is 21.5. The quantitative estimate of drug-likeness (QED) is 0.326. The van der Waals surface area contributed by atoms with Gasteiger partial charge >= 0.3 is 0 Å². The van der Waals surface area contributed by atoms with Gasteiger partial charge in [0, 0.05) is 46.4 Å². The fraction of sp³-hybridized carbons (Fsp3) is 0.292. The maximum absolute atomic E-state index is 14.7. The molecule has 1 saturated heterocycles. The first-order valence-corrected chi connectivity index (χ1v) is 11.5. The predicted octanol–water partition coefficient (Wildman–Crippen LogP) is 4.07. The molecule has 0 radical (unpaired) electrons. The Morgan fingerprint density at radius 1 is 1.15 bits per heavy atom. The molecule has 3 aromatic heterocycles. The molecule has 4 aromatic rings. The fourth-order valence-corrected chi connectivity index (χ4v) is 5.00. The fourth-order valence-electron chi connectivity index (χ4n) is 4.00. The van der Waals surface area contributed by atoms with Crippen molar-refractivity contribution in [2.45, 2.75) is 19.8 Å². The summed E-state index contributed by atoms with van der Waals surface area (Å²) in [6, 6.07) is 7.68. The number of fused-ring (bicyclic) bond motifs is 1. The summed E-state index contributed by atoms with van der Waals surface area (Å²) in [5.41, 5.74) is 4.14. The zero-order valence-corrected chi connectivity index (χ0v) is 19.1. The van der Waals surface area contributed by atoms with Crippen molar-refractivity contribution in [3.05, 3.63) is 63.9 Å². The van der Waals surface area contributed by atoms with Crippen molar-refractivity contribution < 1.29 is 13.9 Å². The van der Waals surface area contributed by atoms with Crippen LogP contribution in [0.15, 0.2) is 36.8 Å². The molecule has 1 aliphatic heterocycles. The van der Waals surface area contributed by atoms with Gasteiger partial charge < -0.3 is 14.4 Å². The number of hydrogen-bond acceptors (Lipinski definition) is 8. The van der Waals surface area contributed by atoms with Gasteiger partial charge in [0.15, 0.2) is 0 Å². The van der Waals surface area contributed by atoms with E-state index < -0.39 is 11.9 Å². The molecule has 0 saturated carbocycles. The highest BCUT2D eigenvalue weighted by Crippen LogP contribution is 2.33. The number of benzene rings is 1. The van der Waals surface area contributed by atoms with Gasteiger partial charge in [0.25, 0.3) is 0 Å². The highest BCUT2D eigenvalue weighted by Gasteiger charge is 2.24. The molecule has 33 heavy (non-hydrogen) atoms. The second-order valence-electron chi connectivity index (χ2n) is 7.93. The van der Waals surface area contributed by atoms with Crippen LogP contribution in [0, 0.1) is 19.8 Å². The average molecular weight is 464 g/mol. The Morgan fingerprint density at radius 2 is 1.97 bits per heavy atom. The lowest BCUT2D eigenvalue weighted by Crippen LogP contribution is -2.36. The summed E-state index contributed by atoms with van der Waals surface area (Å²) < 4.78 is 20.2. The largest absolute Gasteiger partial charge is 0.378 e. The van der Waals surface area contributed by atoms with E-state index >= 15 is 0 Å². The first-order chi connectivity index (χ1) is 16.0. The van der Waals surface area contributed by atoms with Crippen LogP contribution in [0.4, 0.5) is 10.1 Å². The van der Waals surface area contributed by atoms with Crippen LogP contribution < -0.4 is 4.90 Å². The van der Waals surface area contributed by atoms with Crippen molar-refractivity contribution in [1.29, 1.82) is 0 Å². The van der Waals surface area contributed by atoms with E-state index in [9.17, 15) is 9.18 Å². The molecular formula is C24H22FN5O2S. The number of aryl methyl sites for hydroxylation is 2. The summed E-state index contributed by atoms with van der Waals surface area (Å²) in [6.45, 7) is 6.87. The molecule has 1 unspecified atom stereocenters. The van der Waals surface area contributed by atoms with Crippen molar-refractivity contribution in [3.8, 4) is 11.3 Å². The van der Waals surface area contributed by atoms with Crippen molar-refractivity contribution in [2.75, 3.05) is 31.2 Å². The van der Waals surface area contributed by atoms with Crippen LogP contribution in [0.1, 0.15) is 27.1 Å². The lowest BCUT2D eigenvalue weighted by atomic mass is 9.99. The molecule has 1 fully saturated rings. The van der Waals surface area contributed by atoms with Gasteiger partial charge in [-0.25, -0.2) is 19.9 Å². The third-order valence-corrected chi connectivity index (χ3v) is 7.07. The van der Waals surface area contributed by atoms with E-state index in [1.165, 1.54) is 23.9 Å². The minimum absolute atomic E-state index is 0.188. The van der Waals surface area contributed by atoms with Gasteiger partial charge in [-0.15, -0.1) is 11.3 Å². The molecule has 0 aliphatic carbocycles. The van der Waals surface area contributed by atoms with E-state index in [0.717, 1.165) is 40.3 Å². The second-order valence-corrected chi connectivity index (χ2v) is 9.17. The number of thiazole rings is 1. The standard InChI is InChI=1S/C24H22FN5O2S/c1-14-15(2)33-24(29-14)20(12-31)19-9-16(11-26-23(19)25)22-18-4-3-17(10-21(18)27-13-28-22)30-5-7-32-8-6-30/h3-4,9-13,20H,5-8H2,1-2H3. The van der Waals surface area contributed by atoms with Crippen molar-refractivity contribution >= 4 is 34.2 Å². The van der Waals surface area contributed by atoms with E-state index in [0.29, 0.717) is 35.8 Å². The van der Waals surface area contributed by atoms with Gasteiger partial charge in [-0.1, -0.05) is 0 Å². The van der Waals surface area contributed by atoms with Crippen LogP contribution >= 0.6 is 11.3 Å². The molecule has 0 amide bonds. The van der Waals surface area contributed by atoms with Crippen molar-refractivity contribution in [3.63, 3.8) is 0 Å². The van der Waals surface area contributed by atoms with Gasteiger partial charge in [-0.3, -0.25) is 0 Å². The summed E-state index contributed by atoms with van der Waals surface area (Å²) in [7, 11) is 0. The Morgan fingerprint density at radius 3 is 2.70 bits per heavy atom. The second kappa shape index (κ2) is 8.92. The topological polar surface area (TPSA) is 81.1 Å². The van der Waals surface area contributed by atoms with Crippen LogP contribution in [-0.2, 0) is 9.53 Å². The first-order valence-electron chi connectivity index (χ1n) is 10.7. The maximum atomic E-state index is 14.7. The molecule has 1 aromatic carbocycles. The lowest BCUT2D eigenvalue weighted by molar-refractivity contribution is -0.108. The van der Waals surface area contributed by atoms with E-state index in [4.69, 9.17) is 4.74 Å². The molecule has 7 nitrogen and oxygen atoms in total. The third kappa shape index (κ3) is 4.09. The van der Waals surface area contributed by atoms with Gasteiger partial charge in [-0.05, 0) is 38.1 Å². The van der Waals surface area contributed by atoms with E-state index in [1.807, 2.05) is 32.0 Å². The van der Waals surface area contributed by atoms with Crippen LogP contribution in [0.5, 0.6) is 0 Å². The highest BCUT2D eigenvalue weighted by molar-refractivity contribution is 7.11. The van der Waals surface area contributed by atoms with E-state index in [-0.39, 0.29) is 5.56 Å². The van der Waals surface area contributed by atoms with Crippen LogP contribution in [0.3, 0.4) is 0 Å². The molecule has 1 aliphatic rings. The number of pyridine rings is 1. The number of hydrogen-bond donors (Lipinski definition) is 0. The number of carbonyl (C=O) groups is 1. The lowest BCUT2D eigenvalue weighted by Gasteiger charge is -2.29. The minimum atomic E-state index is -0.823. The summed E-state index contributed by atoms with van der Waals surface area (Å²) in [5.74, 6) is -1.51. The predicted molar refractivity (Wildman–Crippen MR) is 125 cm³/mol. The number of aromatic nitrogens is 4. The summed E-state index contributed by atoms with van der Waals surface area (Å²) in [5, 5.41) is 1.39. The number of ether oxygens (including phenoxy) is 1. The van der Waals surface area contributed by atoms with Gasteiger partial charge in [-0.2, -0.15) is 4.39 Å². The van der Waals surface area contributed by atoms with Crippen molar-refractivity contribution in [1.82, 2.24) is 19.9 Å². The number of aldehydes is 1. The Balaban J connectivity index is 1.56. The molecule has 9 heteroatoms. The molecule has 4 heterocycles. The molecule has 1 atom stereocenters. The summed E-state index contributed by atoms with van der Waals surface area (Å²) in [6.07, 6.45) is 3.65. The zero-order valence-electron chi connectivity index (χ0n) is 18.3. The minimum Gasteiger partial charge on any atom is -0.378 e. The van der Waals surface area contributed by atoms with E-state index in [1.54, 1.807) is 6.07 Å². The van der Waals surface area contributed by atoms with Crippen LogP contribution in [-0.4, -0.2) is 52.5 Å². The third-order valence-electron chi connectivity index (χ3n) is 5.92. The van der Waals surface area contributed by atoms with Crippen LogP contribution in [0.2, 0.25) is 0 Å². The summed E-state index contributed by atoms with van der Waals surface area (Å²) in [4.78, 5) is 32.5. The Kier molecular flexibility index (Phi) is 5.82. The number of anilines is 1. The molecule has 0 spiro atoms. The maximum Gasteiger partial charge on any atom is 0.217 e. The Labute approximate surface area is 194 Å². The molecule has 5 rings (SSSR count). The number of halogens is 1.